The lowest BCUT2D eigenvalue weighted by molar-refractivity contribution is -0.135. The predicted molar refractivity (Wildman–Crippen MR) is 94.2 cm³/mol. The van der Waals surface area contributed by atoms with Gasteiger partial charge in [0.2, 0.25) is 5.91 Å². The molecule has 2 fully saturated rings. The van der Waals surface area contributed by atoms with Gasteiger partial charge < -0.3 is 19.3 Å². The minimum Gasteiger partial charge on any atom is -0.391 e. The van der Waals surface area contributed by atoms with Crippen LogP contribution in [0.2, 0.25) is 0 Å². The number of nitrogens with zero attached hydrogens (tertiary/aromatic N) is 5. The minimum atomic E-state index is -0.488. The van der Waals surface area contributed by atoms with Gasteiger partial charge in [0.05, 0.1) is 18.7 Å². The lowest BCUT2D eigenvalue weighted by Crippen LogP contribution is -2.44. The van der Waals surface area contributed by atoms with E-state index in [1.165, 1.54) is 0 Å². The summed E-state index contributed by atoms with van der Waals surface area (Å²) in [5.41, 5.74) is 0. The molecule has 4 rings (SSSR count). The molecule has 0 unspecified atom stereocenters. The first-order valence-corrected chi connectivity index (χ1v) is 9.77. The molecule has 0 spiro atoms. The Morgan fingerprint density at radius 2 is 2.00 bits per heavy atom. The lowest BCUT2D eigenvalue weighted by atomic mass is 10.1. The molecule has 2 saturated heterocycles. The first kappa shape index (κ1) is 17.9. The fraction of sp³-hybridized carbons (Fsp3) is 0.833. The number of fused-ring (bicyclic) bond motifs is 1. The number of carbonyl (C=O) groups is 1. The highest BCUT2D eigenvalue weighted by molar-refractivity contribution is 5.78. The Labute approximate surface area is 154 Å². The summed E-state index contributed by atoms with van der Waals surface area (Å²) in [6.07, 6.45) is 2.21. The molecule has 0 aliphatic carbocycles. The molecule has 4 heterocycles. The predicted octanol–water partition coefficient (Wildman–Crippen LogP) is 0.563. The van der Waals surface area contributed by atoms with Gasteiger partial charge in [-0.15, -0.1) is 10.2 Å². The molecular formula is C18H29N5O3. The number of β-amino-alcohol motifs (C(OH)–C–C–N with tert-alkyl or cyclic N) is 1. The zero-order valence-corrected chi connectivity index (χ0v) is 15.7. The number of hydrogen-bond acceptors (Lipinski definition) is 6. The van der Waals surface area contributed by atoms with Crippen LogP contribution in [0.25, 0.3) is 0 Å². The first-order valence-electron chi connectivity index (χ1n) is 9.77. The zero-order chi connectivity index (χ0) is 18.3. The Morgan fingerprint density at radius 1 is 1.23 bits per heavy atom. The first-order chi connectivity index (χ1) is 12.5. The van der Waals surface area contributed by atoms with E-state index in [0.29, 0.717) is 19.0 Å². The summed E-state index contributed by atoms with van der Waals surface area (Å²) in [7, 11) is 0. The quantitative estimate of drug-likeness (QED) is 0.845. The fourth-order valence-electron chi connectivity index (χ4n) is 4.44. The van der Waals surface area contributed by atoms with Gasteiger partial charge in [-0.25, -0.2) is 0 Å². The van der Waals surface area contributed by atoms with Crippen molar-refractivity contribution in [1.29, 1.82) is 0 Å². The number of ether oxygens (including phenoxy) is 1. The van der Waals surface area contributed by atoms with Gasteiger partial charge in [-0.2, -0.15) is 0 Å². The van der Waals surface area contributed by atoms with Gasteiger partial charge in [0.15, 0.2) is 5.82 Å². The van der Waals surface area contributed by atoms with Crippen LogP contribution in [0.3, 0.4) is 0 Å². The van der Waals surface area contributed by atoms with E-state index in [-0.39, 0.29) is 17.9 Å². The van der Waals surface area contributed by atoms with E-state index in [4.69, 9.17) is 4.74 Å². The largest absolute Gasteiger partial charge is 0.391 e. The van der Waals surface area contributed by atoms with Crippen molar-refractivity contribution < 1.29 is 14.6 Å². The number of carbonyl (C=O) groups excluding carboxylic acids is 1. The molecular weight excluding hydrogens is 334 g/mol. The molecule has 0 aromatic carbocycles. The Kier molecular flexibility index (Phi) is 4.98. The van der Waals surface area contributed by atoms with Gasteiger partial charge in [-0.3, -0.25) is 9.69 Å². The van der Waals surface area contributed by atoms with Crippen molar-refractivity contribution in [3.05, 3.63) is 11.6 Å². The molecule has 0 bridgehead atoms. The van der Waals surface area contributed by atoms with Crippen LogP contribution in [0.4, 0.5) is 0 Å². The maximum Gasteiger partial charge on any atom is 0.225 e. The third-order valence-electron chi connectivity index (χ3n) is 5.87. The van der Waals surface area contributed by atoms with Gasteiger partial charge in [0.1, 0.15) is 5.82 Å². The third kappa shape index (κ3) is 3.25. The van der Waals surface area contributed by atoms with E-state index in [2.05, 4.69) is 19.7 Å². The Bertz CT molecular complexity index is 655. The van der Waals surface area contributed by atoms with Crippen LogP contribution < -0.4 is 0 Å². The summed E-state index contributed by atoms with van der Waals surface area (Å²) in [6, 6.07) is 0.390. The van der Waals surface area contributed by atoms with Crippen LogP contribution in [-0.4, -0.2) is 74.0 Å². The molecule has 8 nitrogen and oxygen atoms in total. The summed E-state index contributed by atoms with van der Waals surface area (Å²) in [4.78, 5) is 16.8. The van der Waals surface area contributed by atoms with Crippen molar-refractivity contribution in [2.24, 2.45) is 5.92 Å². The van der Waals surface area contributed by atoms with Gasteiger partial charge >= 0.3 is 0 Å². The second-order valence-electron chi connectivity index (χ2n) is 7.99. The highest BCUT2D eigenvalue weighted by Crippen LogP contribution is 2.34. The average Bonchev–Trinajstić information content (AvgIpc) is 3.24. The van der Waals surface area contributed by atoms with Crippen LogP contribution >= 0.6 is 0 Å². The number of amides is 1. The number of hydrogen-bond donors (Lipinski definition) is 1. The second-order valence-corrected chi connectivity index (χ2v) is 7.99. The van der Waals surface area contributed by atoms with Crippen LogP contribution in [0.15, 0.2) is 0 Å². The van der Waals surface area contributed by atoms with Crippen LogP contribution in [0.1, 0.15) is 50.8 Å². The fourth-order valence-corrected chi connectivity index (χ4v) is 4.44. The van der Waals surface area contributed by atoms with E-state index < -0.39 is 6.10 Å². The van der Waals surface area contributed by atoms with E-state index >= 15 is 0 Å². The molecule has 0 radical (unpaired) electrons. The van der Waals surface area contributed by atoms with Crippen molar-refractivity contribution in [2.45, 2.75) is 64.4 Å². The second kappa shape index (κ2) is 7.25. The van der Waals surface area contributed by atoms with Crippen LogP contribution in [-0.2, 0) is 22.6 Å². The maximum absolute atomic E-state index is 12.6. The SMILES string of the molecule is CC(C)C(=O)N1C[C@H](O)C[C@H]1c1nnc2n1CCN(C1CCOCC1)C2. The van der Waals surface area contributed by atoms with E-state index in [1.54, 1.807) is 4.90 Å². The third-order valence-corrected chi connectivity index (χ3v) is 5.87. The Morgan fingerprint density at radius 3 is 2.73 bits per heavy atom. The topological polar surface area (TPSA) is 83.7 Å². The molecule has 26 heavy (non-hydrogen) atoms. The van der Waals surface area contributed by atoms with E-state index in [1.807, 2.05) is 13.8 Å². The molecule has 2 atom stereocenters. The van der Waals surface area contributed by atoms with Crippen molar-refractivity contribution in [1.82, 2.24) is 24.6 Å². The van der Waals surface area contributed by atoms with Gasteiger partial charge in [0, 0.05) is 51.2 Å². The molecule has 1 aromatic heterocycles. The summed E-state index contributed by atoms with van der Waals surface area (Å²) < 4.78 is 7.64. The lowest BCUT2D eigenvalue weighted by Gasteiger charge is -2.37. The monoisotopic (exact) mass is 363 g/mol. The number of aliphatic hydroxyl groups excluding tert-OH is 1. The minimum absolute atomic E-state index is 0.0727. The van der Waals surface area contributed by atoms with Crippen molar-refractivity contribution >= 4 is 5.91 Å². The molecule has 1 aromatic rings. The van der Waals surface area contributed by atoms with Gasteiger partial charge in [0.25, 0.3) is 0 Å². The highest BCUT2D eigenvalue weighted by atomic mass is 16.5. The molecule has 1 N–H and O–H groups in total. The van der Waals surface area contributed by atoms with E-state index in [0.717, 1.165) is 57.3 Å². The molecule has 3 aliphatic rings. The van der Waals surface area contributed by atoms with Crippen LogP contribution in [0.5, 0.6) is 0 Å². The average molecular weight is 363 g/mol. The standard InChI is InChI=1S/C18H29N5O3/c1-12(2)18(25)23-10-14(24)9-15(23)17-20-19-16-11-21(5-6-22(16)17)13-3-7-26-8-4-13/h12-15,24H,3-11H2,1-2H3/t14-,15+/m1/s1. The molecule has 8 heteroatoms. The molecule has 1 amide bonds. The van der Waals surface area contributed by atoms with Crippen molar-refractivity contribution in [2.75, 3.05) is 26.3 Å². The maximum atomic E-state index is 12.6. The Hall–Kier alpha value is -1.51. The van der Waals surface area contributed by atoms with Crippen LogP contribution in [0, 0.1) is 5.92 Å². The summed E-state index contributed by atoms with van der Waals surface area (Å²) >= 11 is 0. The molecule has 0 saturated carbocycles. The molecule has 144 valence electrons. The summed E-state index contributed by atoms with van der Waals surface area (Å²) in [5.74, 6) is 1.78. The summed E-state index contributed by atoms with van der Waals surface area (Å²) in [5, 5.41) is 19.0. The number of aliphatic hydroxyl groups is 1. The number of likely N-dealkylation sites (tertiary alicyclic amines) is 1. The Balaban J connectivity index is 1.53. The van der Waals surface area contributed by atoms with Gasteiger partial charge in [-0.1, -0.05) is 13.8 Å². The van der Waals surface area contributed by atoms with Crippen molar-refractivity contribution in [3.8, 4) is 0 Å². The van der Waals surface area contributed by atoms with E-state index in [9.17, 15) is 9.90 Å². The number of rotatable bonds is 3. The smallest absolute Gasteiger partial charge is 0.225 e. The van der Waals surface area contributed by atoms with Gasteiger partial charge in [-0.05, 0) is 12.8 Å². The normalized spacial score (nSPS) is 27.9. The number of aromatic nitrogens is 3. The highest BCUT2D eigenvalue weighted by Gasteiger charge is 2.40. The molecule has 3 aliphatic heterocycles. The summed E-state index contributed by atoms with van der Waals surface area (Å²) in [6.45, 7) is 8.46. The zero-order valence-electron chi connectivity index (χ0n) is 15.7. The van der Waals surface area contributed by atoms with Crippen molar-refractivity contribution in [3.63, 3.8) is 0 Å².